The molecule has 2 aliphatic rings. The number of nitrogens with one attached hydrogen (secondary N) is 1. The van der Waals surface area contributed by atoms with Crippen LogP contribution in [-0.4, -0.2) is 44.6 Å². The fraction of sp³-hybridized carbons (Fsp3) is 0.917. The average molecular weight is 274 g/mol. The number of piperidine rings is 1. The molecule has 2 rings (SSSR count). The van der Waals surface area contributed by atoms with Crippen molar-refractivity contribution in [2.24, 2.45) is 5.92 Å². The second-order valence-corrected chi connectivity index (χ2v) is 7.25. The third kappa shape index (κ3) is 3.68. The summed E-state index contributed by atoms with van der Waals surface area (Å²) in [5.74, 6) is 0.509. The SMILES string of the molecule is CS(=O)(=O)NC1CCN(C(=O)C2CCCC2)CC1. The zero-order valence-electron chi connectivity index (χ0n) is 10.9. The van der Waals surface area contributed by atoms with Crippen molar-refractivity contribution in [3.8, 4) is 0 Å². The molecule has 1 aliphatic carbocycles. The molecule has 1 amide bonds. The van der Waals surface area contributed by atoms with Crippen molar-refractivity contribution in [2.45, 2.75) is 44.6 Å². The van der Waals surface area contributed by atoms with E-state index >= 15 is 0 Å². The first-order valence-corrected chi connectivity index (χ1v) is 8.61. The fourth-order valence-electron chi connectivity index (χ4n) is 2.95. The first-order chi connectivity index (χ1) is 8.46. The molecule has 0 aromatic heterocycles. The van der Waals surface area contributed by atoms with Crippen LogP contribution in [0.1, 0.15) is 38.5 Å². The lowest BCUT2D eigenvalue weighted by Crippen LogP contribution is -2.47. The van der Waals surface area contributed by atoms with E-state index in [1.54, 1.807) is 0 Å². The summed E-state index contributed by atoms with van der Waals surface area (Å²) in [4.78, 5) is 14.1. The molecule has 1 saturated heterocycles. The predicted molar refractivity (Wildman–Crippen MR) is 69.5 cm³/mol. The first-order valence-electron chi connectivity index (χ1n) is 6.72. The minimum Gasteiger partial charge on any atom is -0.342 e. The van der Waals surface area contributed by atoms with Crippen LogP contribution in [0.5, 0.6) is 0 Å². The van der Waals surface area contributed by atoms with Gasteiger partial charge in [0.05, 0.1) is 6.26 Å². The number of amides is 1. The normalized spacial score (nSPS) is 23.5. The Hall–Kier alpha value is -0.620. The van der Waals surface area contributed by atoms with E-state index in [4.69, 9.17) is 0 Å². The molecule has 6 heteroatoms. The van der Waals surface area contributed by atoms with E-state index in [1.165, 1.54) is 19.1 Å². The third-order valence-electron chi connectivity index (χ3n) is 3.89. The van der Waals surface area contributed by atoms with Gasteiger partial charge in [-0.15, -0.1) is 0 Å². The Morgan fingerprint density at radius 3 is 2.17 bits per heavy atom. The lowest BCUT2D eigenvalue weighted by Gasteiger charge is -2.33. The Morgan fingerprint density at radius 2 is 1.67 bits per heavy atom. The second kappa shape index (κ2) is 5.57. The number of carbonyl (C=O) groups excluding carboxylic acids is 1. The summed E-state index contributed by atoms with van der Waals surface area (Å²) in [6, 6.07) is -0.00683. The van der Waals surface area contributed by atoms with E-state index in [0.717, 1.165) is 25.7 Å². The molecule has 2 fully saturated rings. The highest BCUT2D eigenvalue weighted by atomic mass is 32.2. The summed E-state index contributed by atoms with van der Waals surface area (Å²) >= 11 is 0. The van der Waals surface area contributed by atoms with Crippen LogP contribution in [0.15, 0.2) is 0 Å². The van der Waals surface area contributed by atoms with Crippen molar-refractivity contribution >= 4 is 15.9 Å². The van der Waals surface area contributed by atoms with Gasteiger partial charge in [0.1, 0.15) is 0 Å². The van der Waals surface area contributed by atoms with Gasteiger partial charge in [0, 0.05) is 25.0 Å². The predicted octanol–water partition coefficient (Wildman–Crippen LogP) is 0.717. The van der Waals surface area contributed by atoms with Crippen LogP contribution in [0.3, 0.4) is 0 Å². The molecule has 0 atom stereocenters. The zero-order valence-corrected chi connectivity index (χ0v) is 11.7. The minimum atomic E-state index is -3.13. The van der Waals surface area contributed by atoms with Crippen LogP contribution in [0.25, 0.3) is 0 Å². The van der Waals surface area contributed by atoms with Crippen molar-refractivity contribution < 1.29 is 13.2 Å². The molecule has 0 aromatic carbocycles. The minimum absolute atomic E-state index is 0.00683. The summed E-state index contributed by atoms with van der Waals surface area (Å²) in [6.45, 7) is 1.37. The Bertz CT molecular complexity index is 394. The van der Waals surface area contributed by atoms with E-state index in [9.17, 15) is 13.2 Å². The largest absolute Gasteiger partial charge is 0.342 e. The maximum atomic E-state index is 12.2. The van der Waals surface area contributed by atoms with E-state index < -0.39 is 10.0 Å². The van der Waals surface area contributed by atoms with Crippen LogP contribution >= 0.6 is 0 Å². The van der Waals surface area contributed by atoms with Crippen LogP contribution in [-0.2, 0) is 14.8 Å². The first kappa shape index (κ1) is 13.8. The molecule has 104 valence electrons. The standard InChI is InChI=1S/C12H22N2O3S/c1-18(16,17)13-11-6-8-14(9-7-11)12(15)10-4-2-3-5-10/h10-11,13H,2-9H2,1H3. The van der Waals surface area contributed by atoms with Crippen molar-refractivity contribution in [1.82, 2.24) is 9.62 Å². The highest BCUT2D eigenvalue weighted by molar-refractivity contribution is 7.88. The number of carbonyl (C=O) groups is 1. The Balaban J connectivity index is 1.81. The summed E-state index contributed by atoms with van der Waals surface area (Å²) in [7, 11) is -3.13. The molecule has 0 unspecified atom stereocenters. The van der Waals surface area contributed by atoms with Crippen LogP contribution in [0.2, 0.25) is 0 Å². The molecule has 0 spiro atoms. The Morgan fingerprint density at radius 1 is 1.11 bits per heavy atom. The van der Waals surface area contributed by atoms with Gasteiger partial charge in [-0.2, -0.15) is 0 Å². The summed E-state index contributed by atoms with van der Waals surface area (Å²) < 4.78 is 24.9. The van der Waals surface area contributed by atoms with Gasteiger partial charge in [0.15, 0.2) is 0 Å². The van der Waals surface area contributed by atoms with E-state index in [-0.39, 0.29) is 17.9 Å². The Kier molecular flexibility index (Phi) is 4.27. The second-order valence-electron chi connectivity index (χ2n) is 5.47. The molecular formula is C12H22N2O3S. The van der Waals surface area contributed by atoms with Gasteiger partial charge in [-0.3, -0.25) is 4.79 Å². The zero-order chi connectivity index (χ0) is 13.2. The molecule has 5 nitrogen and oxygen atoms in total. The van der Waals surface area contributed by atoms with E-state index in [0.29, 0.717) is 13.1 Å². The highest BCUT2D eigenvalue weighted by Gasteiger charge is 2.30. The number of rotatable bonds is 3. The quantitative estimate of drug-likeness (QED) is 0.824. The van der Waals surface area contributed by atoms with Crippen LogP contribution < -0.4 is 4.72 Å². The number of sulfonamides is 1. The highest BCUT2D eigenvalue weighted by Crippen LogP contribution is 2.27. The molecular weight excluding hydrogens is 252 g/mol. The van der Waals surface area contributed by atoms with Crippen molar-refractivity contribution in [3.05, 3.63) is 0 Å². The third-order valence-corrected chi connectivity index (χ3v) is 4.65. The van der Waals surface area contributed by atoms with Crippen molar-refractivity contribution in [1.29, 1.82) is 0 Å². The molecule has 18 heavy (non-hydrogen) atoms. The Labute approximate surface area is 109 Å². The van der Waals surface area contributed by atoms with E-state index in [1.807, 2.05) is 4.90 Å². The molecule has 1 N–H and O–H groups in total. The number of hydrogen-bond acceptors (Lipinski definition) is 3. The molecule has 1 heterocycles. The van der Waals surface area contributed by atoms with Gasteiger partial charge < -0.3 is 4.90 Å². The lowest BCUT2D eigenvalue weighted by atomic mass is 10.0. The average Bonchev–Trinajstić information content (AvgIpc) is 2.80. The van der Waals surface area contributed by atoms with Gasteiger partial charge in [0.25, 0.3) is 0 Å². The number of likely N-dealkylation sites (tertiary alicyclic amines) is 1. The maximum Gasteiger partial charge on any atom is 0.225 e. The van der Waals surface area contributed by atoms with Crippen molar-refractivity contribution in [2.75, 3.05) is 19.3 Å². The number of hydrogen-bond donors (Lipinski definition) is 1. The topological polar surface area (TPSA) is 66.5 Å². The van der Waals surface area contributed by atoms with Gasteiger partial charge in [-0.1, -0.05) is 12.8 Å². The maximum absolute atomic E-state index is 12.2. The summed E-state index contributed by atoms with van der Waals surface area (Å²) in [5, 5.41) is 0. The van der Waals surface area contributed by atoms with E-state index in [2.05, 4.69) is 4.72 Å². The smallest absolute Gasteiger partial charge is 0.225 e. The van der Waals surface area contributed by atoms with Gasteiger partial charge in [0.2, 0.25) is 15.9 Å². The van der Waals surface area contributed by atoms with Gasteiger partial charge in [-0.05, 0) is 25.7 Å². The molecule has 0 bridgehead atoms. The van der Waals surface area contributed by atoms with Crippen LogP contribution in [0.4, 0.5) is 0 Å². The monoisotopic (exact) mass is 274 g/mol. The summed E-state index contributed by atoms with van der Waals surface area (Å²) in [6.07, 6.45) is 7.03. The summed E-state index contributed by atoms with van der Waals surface area (Å²) in [5.41, 5.74) is 0. The van der Waals surface area contributed by atoms with Gasteiger partial charge >= 0.3 is 0 Å². The molecule has 0 aromatic rings. The number of nitrogens with zero attached hydrogens (tertiary/aromatic N) is 1. The molecule has 1 aliphatic heterocycles. The fourth-order valence-corrected chi connectivity index (χ4v) is 3.79. The van der Waals surface area contributed by atoms with Crippen LogP contribution in [0, 0.1) is 5.92 Å². The molecule has 1 saturated carbocycles. The molecule has 0 radical (unpaired) electrons. The lowest BCUT2D eigenvalue weighted by molar-refractivity contribution is -0.136. The van der Waals surface area contributed by atoms with Gasteiger partial charge in [-0.25, -0.2) is 13.1 Å². The van der Waals surface area contributed by atoms with Crippen molar-refractivity contribution in [3.63, 3.8) is 0 Å².